The van der Waals surface area contributed by atoms with Gasteiger partial charge in [0.2, 0.25) is 5.75 Å². The van der Waals surface area contributed by atoms with E-state index in [1.54, 1.807) is 11.1 Å². The molecule has 0 N–H and O–H groups in total. The van der Waals surface area contributed by atoms with Crippen molar-refractivity contribution in [2.24, 2.45) is 0 Å². The molecular weight excluding hydrogens is 608 g/mol. The number of likely N-dealkylation sites (tertiary alicyclic amines) is 1. The molecule has 2 heterocycles. The molecule has 0 bridgehead atoms. The van der Waals surface area contributed by atoms with Gasteiger partial charge in [-0.2, -0.15) is 8.78 Å². The Morgan fingerprint density at radius 2 is 1.53 bits per heavy atom. The van der Waals surface area contributed by atoms with Crippen molar-refractivity contribution in [3.8, 4) is 17.2 Å². The molecule has 0 aliphatic carbocycles. The number of carbonyl (C=O) groups is 2. The summed E-state index contributed by atoms with van der Waals surface area (Å²) in [5, 5.41) is 0. The van der Waals surface area contributed by atoms with Gasteiger partial charge in [0.1, 0.15) is 6.61 Å². The van der Waals surface area contributed by atoms with E-state index in [1.165, 1.54) is 26.9 Å². The average molecular weight is 654 g/mol. The van der Waals surface area contributed by atoms with Crippen LogP contribution in [0.25, 0.3) is 0 Å². The molecule has 1 aliphatic rings. The summed E-state index contributed by atoms with van der Waals surface area (Å²) < 4.78 is 52.8. The van der Waals surface area contributed by atoms with E-state index in [2.05, 4.69) is 17.1 Å². The number of carbonyl (C=O) groups excluding carboxylic acids is 2. The standard InChI is InChI=1S/C36H45F2N3O6/c1-44-31-23-29(24-32(45-2)33(31)46-3)36(37,38)34(42)41-22-12-18-30(41)26-47-35(43)40(20-9-7-15-27-13-5-4-6-14-27)21-10-8-16-28-17-11-19-39-25-28/h4-6,11,13-14,17,19,23-25,30H,7-10,12,15-16,18,20-22,26H2,1-3H3. The van der Waals surface area contributed by atoms with Gasteiger partial charge in [0, 0.05) is 37.6 Å². The summed E-state index contributed by atoms with van der Waals surface area (Å²) >= 11 is 0. The van der Waals surface area contributed by atoms with Crippen LogP contribution in [-0.4, -0.2) is 80.4 Å². The van der Waals surface area contributed by atoms with Crippen LogP contribution in [0, 0.1) is 0 Å². The number of alkyl halides is 2. The van der Waals surface area contributed by atoms with Crippen molar-refractivity contribution < 1.29 is 37.3 Å². The van der Waals surface area contributed by atoms with Crippen molar-refractivity contribution in [1.82, 2.24) is 14.8 Å². The highest BCUT2D eigenvalue weighted by Gasteiger charge is 2.48. The number of unbranched alkanes of at least 4 members (excludes halogenated alkanes) is 2. The Morgan fingerprint density at radius 3 is 2.13 bits per heavy atom. The predicted molar refractivity (Wildman–Crippen MR) is 174 cm³/mol. The number of hydrogen-bond donors (Lipinski definition) is 0. The number of nitrogens with zero attached hydrogens (tertiary/aromatic N) is 3. The molecule has 47 heavy (non-hydrogen) atoms. The van der Waals surface area contributed by atoms with Crippen LogP contribution < -0.4 is 14.2 Å². The lowest BCUT2D eigenvalue weighted by molar-refractivity contribution is -0.160. The number of pyridine rings is 1. The predicted octanol–water partition coefficient (Wildman–Crippen LogP) is 6.67. The maximum Gasteiger partial charge on any atom is 0.409 e. The number of methoxy groups -OCH3 is 3. The van der Waals surface area contributed by atoms with E-state index in [1.807, 2.05) is 36.5 Å². The molecule has 1 saturated heterocycles. The van der Waals surface area contributed by atoms with Crippen molar-refractivity contribution in [2.45, 2.75) is 63.3 Å². The van der Waals surface area contributed by atoms with E-state index in [0.29, 0.717) is 25.9 Å². The lowest BCUT2D eigenvalue weighted by Gasteiger charge is -2.30. The number of aromatic nitrogens is 1. The molecule has 0 saturated carbocycles. The third kappa shape index (κ3) is 9.56. The van der Waals surface area contributed by atoms with Gasteiger partial charge < -0.3 is 28.7 Å². The summed E-state index contributed by atoms with van der Waals surface area (Å²) in [6.45, 7) is 1.01. The molecule has 0 radical (unpaired) electrons. The number of ether oxygens (including phenoxy) is 4. The molecule has 11 heteroatoms. The van der Waals surface area contributed by atoms with Crippen molar-refractivity contribution >= 4 is 12.0 Å². The molecule has 254 valence electrons. The number of hydrogen-bond acceptors (Lipinski definition) is 7. The Hall–Kier alpha value is -4.41. The van der Waals surface area contributed by atoms with E-state index in [0.717, 1.165) is 61.1 Å². The van der Waals surface area contributed by atoms with Gasteiger partial charge in [0.05, 0.1) is 27.4 Å². The van der Waals surface area contributed by atoms with E-state index >= 15 is 8.78 Å². The molecule has 1 fully saturated rings. The Morgan fingerprint density at radius 1 is 0.894 bits per heavy atom. The summed E-state index contributed by atoms with van der Waals surface area (Å²) in [4.78, 5) is 33.6. The number of rotatable bonds is 17. The highest BCUT2D eigenvalue weighted by atomic mass is 19.3. The molecule has 1 unspecified atom stereocenters. The first kappa shape index (κ1) is 35.4. The SMILES string of the molecule is COc1cc(C(F)(F)C(=O)N2CCCC2COC(=O)N(CCCCc2ccccc2)CCCCc2cccnc2)cc(OC)c1OC. The average Bonchev–Trinajstić information content (AvgIpc) is 3.58. The van der Waals surface area contributed by atoms with Crippen molar-refractivity contribution in [3.05, 3.63) is 83.7 Å². The monoisotopic (exact) mass is 653 g/mol. The lowest BCUT2D eigenvalue weighted by Crippen LogP contribution is -2.46. The van der Waals surface area contributed by atoms with Crippen LogP contribution in [0.15, 0.2) is 67.0 Å². The van der Waals surface area contributed by atoms with Crippen molar-refractivity contribution in [3.63, 3.8) is 0 Å². The van der Waals surface area contributed by atoms with Crippen LogP contribution in [0.3, 0.4) is 0 Å². The minimum atomic E-state index is -3.88. The molecule has 1 aromatic heterocycles. The van der Waals surface area contributed by atoms with Gasteiger partial charge >= 0.3 is 12.0 Å². The Bertz CT molecular complexity index is 1350. The lowest BCUT2D eigenvalue weighted by atomic mass is 10.0. The summed E-state index contributed by atoms with van der Waals surface area (Å²) in [6, 6.07) is 15.6. The zero-order valence-electron chi connectivity index (χ0n) is 27.5. The van der Waals surface area contributed by atoms with Gasteiger partial charge in [-0.1, -0.05) is 36.4 Å². The van der Waals surface area contributed by atoms with Crippen molar-refractivity contribution in [1.29, 1.82) is 0 Å². The molecule has 1 aliphatic heterocycles. The maximum atomic E-state index is 15.7. The first-order valence-electron chi connectivity index (χ1n) is 16.1. The van der Waals surface area contributed by atoms with Crippen LogP contribution >= 0.6 is 0 Å². The minimum absolute atomic E-state index is 0.0190. The molecular formula is C36H45F2N3O6. The van der Waals surface area contributed by atoms with Crippen LogP contribution in [0.5, 0.6) is 17.2 Å². The van der Waals surface area contributed by atoms with E-state index in [9.17, 15) is 9.59 Å². The fourth-order valence-corrected chi connectivity index (χ4v) is 5.85. The van der Waals surface area contributed by atoms with Crippen LogP contribution in [0.4, 0.5) is 13.6 Å². The highest BCUT2D eigenvalue weighted by Crippen LogP contribution is 2.43. The van der Waals surface area contributed by atoms with Crippen molar-refractivity contribution in [2.75, 3.05) is 47.6 Å². The Balaban J connectivity index is 1.37. The van der Waals surface area contributed by atoms with Crippen LogP contribution in [0.1, 0.15) is 55.2 Å². The van der Waals surface area contributed by atoms with E-state index < -0.39 is 29.5 Å². The highest BCUT2D eigenvalue weighted by molar-refractivity contribution is 5.86. The zero-order chi connectivity index (χ0) is 33.6. The van der Waals surface area contributed by atoms with Gasteiger partial charge in [-0.25, -0.2) is 4.79 Å². The second-order valence-electron chi connectivity index (χ2n) is 11.6. The van der Waals surface area contributed by atoms with Gasteiger partial charge in [0.25, 0.3) is 5.91 Å². The normalized spacial score (nSPS) is 14.5. The topological polar surface area (TPSA) is 90.4 Å². The first-order valence-corrected chi connectivity index (χ1v) is 16.1. The molecule has 2 aromatic carbocycles. The largest absolute Gasteiger partial charge is 0.493 e. The molecule has 4 rings (SSSR count). The summed E-state index contributed by atoms with van der Waals surface area (Å²) in [5.41, 5.74) is 1.80. The van der Waals surface area contributed by atoms with E-state index in [-0.39, 0.29) is 30.4 Å². The molecule has 1 atom stereocenters. The number of benzene rings is 2. The molecule has 0 spiro atoms. The summed E-state index contributed by atoms with van der Waals surface area (Å²) in [5.74, 6) is -5.05. The first-order chi connectivity index (χ1) is 22.8. The van der Waals surface area contributed by atoms with Crippen LogP contribution in [0.2, 0.25) is 0 Å². The minimum Gasteiger partial charge on any atom is -0.493 e. The van der Waals surface area contributed by atoms with Gasteiger partial charge in [0.15, 0.2) is 11.5 Å². The van der Waals surface area contributed by atoms with E-state index in [4.69, 9.17) is 18.9 Å². The second kappa shape index (κ2) is 17.5. The number of amides is 2. The maximum absolute atomic E-state index is 15.7. The van der Waals surface area contributed by atoms with Crippen LogP contribution in [-0.2, 0) is 28.3 Å². The van der Waals surface area contributed by atoms with Gasteiger partial charge in [-0.15, -0.1) is 0 Å². The van der Waals surface area contributed by atoms with Gasteiger partial charge in [-0.05, 0) is 80.7 Å². The second-order valence-corrected chi connectivity index (χ2v) is 11.6. The summed E-state index contributed by atoms with van der Waals surface area (Å²) in [7, 11) is 4.01. The molecule has 3 aromatic rings. The molecule has 9 nitrogen and oxygen atoms in total. The number of halogens is 2. The fraction of sp³-hybridized carbons (Fsp3) is 0.472. The zero-order valence-corrected chi connectivity index (χ0v) is 27.5. The Labute approximate surface area is 275 Å². The fourth-order valence-electron chi connectivity index (χ4n) is 5.85. The van der Waals surface area contributed by atoms with Gasteiger partial charge in [-0.3, -0.25) is 9.78 Å². The Kier molecular flexibility index (Phi) is 13.2. The quantitative estimate of drug-likeness (QED) is 0.150. The summed E-state index contributed by atoms with van der Waals surface area (Å²) in [6.07, 6.45) is 9.17. The number of aryl methyl sites for hydroxylation is 2. The smallest absolute Gasteiger partial charge is 0.409 e. The third-order valence-electron chi connectivity index (χ3n) is 8.44. The molecule has 2 amide bonds. The third-order valence-corrected chi connectivity index (χ3v) is 8.44.